The van der Waals surface area contributed by atoms with Crippen molar-refractivity contribution < 1.29 is 5.11 Å². The lowest BCUT2D eigenvalue weighted by Crippen LogP contribution is -2.49. The molecule has 0 radical (unpaired) electrons. The van der Waals surface area contributed by atoms with Crippen molar-refractivity contribution in [3.63, 3.8) is 0 Å². The van der Waals surface area contributed by atoms with Crippen LogP contribution in [0.1, 0.15) is 64.5 Å². The maximum absolute atomic E-state index is 10.2. The minimum Gasteiger partial charge on any atom is -0.393 e. The van der Waals surface area contributed by atoms with Crippen LogP contribution in [0.15, 0.2) is 30.0 Å². The average Bonchev–Trinajstić information content (AvgIpc) is 3.18. The highest BCUT2D eigenvalue weighted by Gasteiger charge is 2.56. The van der Waals surface area contributed by atoms with Crippen molar-refractivity contribution in [3.05, 3.63) is 35.7 Å². The molecule has 1 heterocycles. The third-order valence-corrected chi connectivity index (χ3v) is 8.65. The van der Waals surface area contributed by atoms with Crippen molar-refractivity contribution >= 4 is 5.57 Å². The van der Waals surface area contributed by atoms with Crippen molar-refractivity contribution in [2.45, 2.75) is 64.9 Å². The number of allylic oxidation sites excluding steroid dienone is 3. The predicted octanol–water partition coefficient (Wildman–Crippen LogP) is 4.74. The summed E-state index contributed by atoms with van der Waals surface area (Å²) in [7, 11) is 2.02. The van der Waals surface area contributed by atoms with Crippen LogP contribution in [0.3, 0.4) is 0 Å². The van der Waals surface area contributed by atoms with E-state index in [1.54, 1.807) is 5.57 Å². The van der Waals surface area contributed by atoms with Crippen LogP contribution >= 0.6 is 0 Å². The number of aliphatic hydroxyl groups is 1. The maximum atomic E-state index is 10.2. The molecular weight excluding hydrogens is 320 g/mol. The van der Waals surface area contributed by atoms with Crippen LogP contribution in [0, 0.1) is 28.6 Å². The van der Waals surface area contributed by atoms with E-state index in [0.29, 0.717) is 5.41 Å². The van der Waals surface area contributed by atoms with Gasteiger partial charge < -0.3 is 5.11 Å². The molecular formula is C23H32N2O. The fraction of sp³-hybridized carbons (Fsp3) is 0.696. The summed E-state index contributed by atoms with van der Waals surface area (Å²) in [5, 5.41) is 14.9. The molecule has 2 saturated carbocycles. The Morgan fingerprint density at radius 1 is 1.08 bits per heavy atom. The molecule has 1 N–H and O–H groups in total. The van der Waals surface area contributed by atoms with Gasteiger partial charge in [0.15, 0.2) is 0 Å². The molecule has 3 heteroatoms. The standard InChI is InChI=1S/C23H32N2O/c1-22-11-8-16(26)14-15(22)4-5-17-18-6-7-20(21-10-13-25(3)24-21)23(18,2)12-9-19(17)22/h4,7,10,13,16-19,26H,5-6,8-9,11-12,14H2,1-3H3/t16?,17?,18?,19?,22-,23-/m0/s1. The first kappa shape index (κ1) is 16.8. The van der Waals surface area contributed by atoms with Crippen LogP contribution in [-0.4, -0.2) is 21.0 Å². The Bertz CT molecular complexity index is 790. The first-order valence-electron chi connectivity index (χ1n) is 10.5. The molecule has 4 unspecified atom stereocenters. The van der Waals surface area contributed by atoms with Crippen LogP contribution in [0.5, 0.6) is 0 Å². The third-order valence-electron chi connectivity index (χ3n) is 8.65. The van der Waals surface area contributed by atoms with Gasteiger partial charge in [-0.3, -0.25) is 4.68 Å². The van der Waals surface area contributed by atoms with Crippen LogP contribution in [0.2, 0.25) is 0 Å². The molecule has 1 aromatic rings. The quantitative estimate of drug-likeness (QED) is 0.742. The van der Waals surface area contributed by atoms with E-state index in [1.807, 2.05) is 11.7 Å². The summed E-state index contributed by atoms with van der Waals surface area (Å²) in [4.78, 5) is 0. The average molecular weight is 353 g/mol. The molecule has 0 saturated heterocycles. The van der Waals surface area contributed by atoms with E-state index in [0.717, 1.165) is 30.6 Å². The van der Waals surface area contributed by atoms with Gasteiger partial charge in [-0.25, -0.2) is 0 Å². The van der Waals surface area contributed by atoms with Crippen molar-refractivity contribution in [2.24, 2.45) is 35.6 Å². The molecule has 1 aromatic heterocycles. The minimum absolute atomic E-state index is 0.108. The van der Waals surface area contributed by atoms with Crippen LogP contribution in [-0.2, 0) is 7.05 Å². The Balaban J connectivity index is 1.47. The normalized spacial score (nSPS) is 44.6. The van der Waals surface area contributed by atoms with Gasteiger partial charge in [-0.1, -0.05) is 31.6 Å². The molecule has 2 fully saturated rings. The lowest BCUT2D eigenvalue weighted by Gasteiger charge is -2.57. The van der Waals surface area contributed by atoms with E-state index in [2.05, 4.69) is 38.3 Å². The summed E-state index contributed by atoms with van der Waals surface area (Å²) in [6.07, 6.45) is 15.1. The molecule has 0 amide bonds. The first-order chi connectivity index (χ1) is 12.4. The highest BCUT2D eigenvalue weighted by molar-refractivity contribution is 5.70. The van der Waals surface area contributed by atoms with Crippen molar-refractivity contribution in [1.29, 1.82) is 0 Å². The topological polar surface area (TPSA) is 38.0 Å². The zero-order valence-corrected chi connectivity index (χ0v) is 16.4. The fourth-order valence-electron chi connectivity index (χ4n) is 7.16. The smallest absolute Gasteiger partial charge is 0.0885 e. The first-order valence-corrected chi connectivity index (χ1v) is 10.5. The molecule has 6 atom stereocenters. The van der Waals surface area contributed by atoms with E-state index in [1.165, 1.54) is 43.4 Å². The summed E-state index contributed by atoms with van der Waals surface area (Å²) in [6.45, 7) is 5.01. The van der Waals surface area contributed by atoms with Gasteiger partial charge in [0.25, 0.3) is 0 Å². The SMILES string of the molecule is Cn1ccc(C2=CCC3C4CC=C5CC(O)CC[C@]5(C)C4CC[C@]23C)n1. The number of nitrogens with zero attached hydrogens (tertiary/aromatic N) is 2. The molecule has 0 spiro atoms. The van der Waals surface area contributed by atoms with Crippen LogP contribution in [0.25, 0.3) is 5.57 Å². The van der Waals surface area contributed by atoms with E-state index in [4.69, 9.17) is 5.10 Å². The molecule has 5 rings (SSSR count). The number of aromatic nitrogens is 2. The summed E-state index contributed by atoms with van der Waals surface area (Å²) in [6, 6.07) is 2.19. The lowest BCUT2D eigenvalue weighted by atomic mass is 9.47. The van der Waals surface area contributed by atoms with E-state index in [9.17, 15) is 5.11 Å². The fourth-order valence-corrected chi connectivity index (χ4v) is 7.16. The largest absolute Gasteiger partial charge is 0.393 e. The summed E-state index contributed by atoms with van der Waals surface area (Å²) in [5.41, 5.74) is 4.87. The summed E-state index contributed by atoms with van der Waals surface area (Å²) >= 11 is 0. The van der Waals surface area contributed by atoms with E-state index in [-0.39, 0.29) is 11.5 Å². The molecule has 3 nitrogen and oxygen atoms in total. The lowest BCUT2D eigenvalue weighted by molar-refractivity contribution is -0.0238. The highest BCUT2D eigenvalue weighted by atomic mass is 16.3. The second-order valence-electron chi connectivity index (χ2n) is 9.84. The van der Waals surface area contributed by atoms with Gasteiger partial charge in [0.1, 0.15) is 0 Å². The Morgan fingerprint density at radius 2 is 1.88 bits per heavy atom. The maximum Gasteiger partial charge on any atom is 0.0885 e. The molecule has 4 aliphatic carbocycles. The van der Waals surface area contributed by atoms with Crippen LogP contribution < -0.4 is 0 Å². The Hall–Kier alpha value is -1.35. The number of fused-ring (bicyclic) bond motifs is 5. The molecule has 4 aliphatic rings. The zero-order valence-electron chi connectivity index (χ0n) is 16.4. The van der Waals surface area contributed by atoms with Gasteiger partial charge in [-0.05, 0) is 85.2 Å². The minimum atomic E-state index is -0.108. The molecule has 0 aliphatic heterocycles. The highest BCUT2D eigenvalue weighted by Crippen LogP contribution is 2.66. The van der Waals surface area contributed by atoms with Crippen molar-refractivity contribution in [3.8, 4) is 0 Å². The van der Waals surface area contributed by atoms with Crippen LogP contribution in [0.4, 0.5) is 0 Å². The molecule has 0 aromatic carbocycles. The van der Waals surface area contributed by atoms with Gasteiger partial charge in [0.05, 0.1) is 11.8 Å². The third kappa shape index (κ3) is 2.19. The molecule has 26 heavy (non-hydrogen) atoms. The molecule has 0 bridgehead atoms. The number of aryl methyl sites for hydroxylation is 1. The number of aliphatic hydroxyl groups excluding tert-OH is 1. The van der Waals surface area contributed by atoms with Gasteiger partial charge in [0.2, 0.25) is 0 Å². The predicted molar refractivity (Wildman–Crippen MR) is 104 cm³/mol. The van der Waals surface area contributed by atoms with Crippen molar-refractivity contribution in [2.75, 3.05) is 0 Å². The van der Waals surface area contributed by atoms with E-state index < -0.39 is 0 Å². The van der Waals surface area contributed by atoms with Gasteiger partial charge >= 0.3 is 0 Å². The summed E-state index contributed by atoms with van der Waals surface area (Å²) in [5.74, 6) is 2.33. The Morgan fingerprint density at radius 3 is 2.65 bits per heavy atom. The second kappa shape index (κ2) is 5.58. The number of hydrogen-bond acceptors (Lipinski definition) is 2. The second-order valence-corrected chi connectivity index (χ2v) is 9.84. The van der Waals surface area contributed by atoms with Gasteiger partial charge in [-0.2, -0.15) is 5.10 Å². The monoisotopic (exact) mass is 352 g/mol. The number of hydrogen-bond donors (Lipinski definition) is 1. The zero-order chi connectivity index (χ0) is 18.1. The Labute approximate surface area is 157 Å². The Kier molecular flexibility index (Phi) is 3.60. The molecule has 140 valence electrons. The number of rotatable bonds is 1. The van der Waals surface area contributed by atoms with E-state index >= 15 is 0 Å². The van der Waals surface area contributed by atoms with Gasteiger partial charge in [0, 0.05) is 13.2 Å². The van der Waals surface area contributed by atoms with Crippen molar-refractivity contribution in [1.82, 2.24) is 9.78 Å². The van der Waals surface area contributed by atoms with Gasteiger partial charge in [-0.15, -0.1) is 0 Å². The summed E-state index contributed by atoms with van der Waals surface area (Å²) < 4.78 is 1.93.